The second-order valence-corrected chi connectivity index (χ2v) is 4.26. The molecule has 0 fully saturated rings. The smallest absolute Gasteiger partial charge is 0.343 e. The van der Waals surface area contributed by atoms with E-state index in [9.17, 15) is 9.59 Å². The molecule has 2 aromatic rings. The first-order valence-electron chi connectivity index (χ1n) is 4.74. The number of H-pyrrole nitrogens is 1. The van der Waals surface area contributed by atoms with Crippen LogP contribution in [0.5, 0.6) is 0 Å². The molecular formula is C10H9N3O3S. The zero-order valence-corrected chi connectivity index (χ0v) is 9.48. The van der Waals surface area contributed by atoms with Crippen molar-refractivity contribution in [2.45, 2.75) is 6.54 Å². The molecule has 0 aliphatic heterocycles. The Balaban J connectivity index is 2.23. The zero-order chi connectivity index (χ0) is 12.3. The summed E-state index contributed by atoms with van der Waals surface area (Å²) in [5, 5.41) is 16.3. The van der Waals surface area contributed by atoms with Crippen LogP contribution in [0.25, 0.3) is 6.08 Å². The number of carboxylic acid groups (broad SMARTS) is 1. The fourth-order valence-electron chi connectivity index (χ4n) is 1.33. The van der Waals surface area contributed by atoms with Gasteiger partial charge in [0.15, 0.2) is 0 Å². The number of thiophene rings is 1. The topological polar surface area (TPSA) is 88.0 Å². The Morgan fingerprint density at radius 1 is 1.65 bits per heavy atom. The van der Waals surface area contributed by atoms with Crippen molar-refractivity contribution in [3.8, 4) is 0 Å². The Hall–Kier alpha value is -2.15. The summed E-state index contributed by atoms with van der Waals surface area (Å²) in [6, 6.07) is 1.81. The molecule has 0 bridgehead atoms. The van der Waals surface area contributed by atoms with Gasteiger partial charge in [0.05, 0.1) is 6.54 Å². The Morgan fingerprint density at radius 2 is 2.47 bits per heavy atom. The van der Waals surface area contributed by atoms with Crippen LogP contribution in [0.3, 0.4) is 0 Å². The van der Waals surface area contributed by atoms with Crippen LogP contribution < -0.4 is 5.69 Å². The Labute approximate surface area is 99.8 Å². The van der Waals surface area contributed by atoms with Gasteiger partial charge in [-0.2, -0.15) is 5.10 Å². The third kappa shape index (κ3) is 2.70. The molecule has 2 aromatic heterocycles. The maximum atomic E-state index is 11.3. The molecule has 0 saturated carbocycles. The molecule has 2 rings (SSSR count). The van der Waals surface area contributed by atoms with Crippen LogP contribution in [0, 0.1) is 0 Å². The third-order valence-corrected chi connectivity index (χ3v) is 3.04. The van der Waals surface area contributed by atoms with Crippen LogP contribution >= 0.6 is 11.3 Å². The Morgan fingerprint density at radius 3 is 3.12 bits per heavy atom. The van der Waals surface area contributed by atoms with Crippen molar-refractivity contribution in [2.75, 3.05) is 0 Å². The van der Waals surface area contributed by atoms with Gasteiger partial charge in [-0.1, -0.05) is 0 Å². The summed E-state index contributed by atoms with van der Waals surface area (Å²) in [7, 11) is 0. The number of aromatic amines is 1. The van der Waals surface area contributed by atoms with E-state index in [2.05, 4.69) is 10.2 Å². The molecule has 6 nitrogen and oxygen atoms in total. The van der Waals surface area contributed by atoms with Gasteiger partial charge in [-0.05, 0) is 23.1 Å². The van der Waals surface area contributed by atoms with E-state index in [4.69, 9.17) is 5.11 Å². The maximum absolute atomic E-state index is 11.3. The number of nitrogens with one attached hydrogen (secondary N) is 1. The second kappa shape index (κ2) is 4.79. The summed E-state index contributed by atoms with van der Waals surface area (Å²) in [5.74, 6) is -0.998. The quantitative estimate of drug-likeness (QED) is 0.786. The van der Waals surface area contributed by atoms with E-state index >= 15 is 0 Å². The predicted molar refractivity (Wildman–Crippen MR) is 62.9 cm³/mol. The van der Waals surface area contributed by atoms with Crippen molar-refractivity contribution < 1.29 is 9.90 Å². The number of rotatable bonds is 4. The number of carbonyl (C=O) groups is 1. The number of aromatic nitrogens is 3. The highest BCUT2D eigenvalue weighted by molar-refractivity contribution is 7.10. The Bertz CT molecular complexity index is 608. The molecule has 0 atom stereocenters. The zero-order valence-electron chi connectivity index (χ0n) is 8.66. The van der Waals surface area contributed by atoms with Gasteiger partial charge in [0.25, 0.3) is 0 Å². The van der Waals surface area contributed by atoms with Crippen LogP contribution in [-0.2, 0) is 11.3 Å². The minimum absolute atomic E-state index is 0.286. The van der Waals surface area contributed by atoms with E-state index in [0.29, 0.717) is 6.54 Å². The monoisotopic (exact) mass is 251 g/mol. The van der Waals surface area contributed by atoms with Crippen molar-refractivity contribution in [3.05, 3.63) is 44.8 Å². The van der Waals surface area contributed by atoms with Crippen molar-refractivity contribution >= 4 is 23.4 Å². The summed E-state index contributed by atoms with van der Waals surface area (Å²) >= 11 is 1.46. The normalized spacial score (nSPS) is 11.1. The molecule has 0 aliphatic carbocycles. The SMILES string of the molecule is O=C(O)/C=C/c1ccsc1Cn1cn[nH]c1=O. The van der Waals surface area contributed by atoms with Crippen LogP contribution in [0.4, 0.5) is 0 Å². The molecule has 0 radical (unpaired) electrons. The average Bonchev–Trinajstić information content (AvgIpc) is 2.87. The number of hydrogen-bond acceptors (Lipinski definition) is 4. The molecular weight excluding hydrogens is 242 g/mol. The van der Waals surface area contributed by atoms with Crippen molar-refractivity contribution in [2.24, 2.45) is 0 Å². The number of hydrogen-bond donors (Lipinski definition) is 2. The molecule has 2 N–H and O–H groups in total. The molecule has 0 aliphatic rings. The van der Waals surface area contributed by atoms with Gasteiger partial charge in [-0.3, -0.25) is 4.57 Å². The number of carboxylic acids is 1. The lowest BCUT2D eigenvalue weighted by atomic mass is 10.2. The third-order valence-electron chi connectivity index (χ3n) is 2.12. The standard InChI is InChI=1S/C10H9N3O3S/c14-9(15)2-1-7-3-4-17-8(7)5-13-6-11-12-10(13)16/h1-4,6H,5H2,(H,12,16)(H,14,15)/b2-1+. The average molecular weight is 251 g/mol. The van der Waals surface area contributed by atoms with Gasteiger partial charge in [-0.25, -0.2) is 14.7 Å². The summed E-state index contributed by atoms with van der Waals surface area (Å²) < 4.78 is 1.42. The van der Waals surface area contributed by atoms with Crippen LogP contribution in [0.2, 0.25) is 0 Å². The lowest BCUT2D eigenvalue weighted by molar-refractivity contribution is -0.131. The molecule has 2 heterocycles. The van der Waals surface area contributed by atoms with Gasteiger partial charge in [0.2, 0.25) is 0 Å². The fraction of sp³-hybridized carbons (Fsp3) is 0.100. The molecule has 0 saturated heterocycles. The number of aliphatic carboxylic acids is 1. The van der Waals surface area contributed by atoms with Crippen LogP contribution in [0.15, 0.2) is 28.6 Å². The molecule has 0 amide bonds. The molecule has 17 heavy (non-hydrogen) atoms. The summed E-state index contributed by atoms with van der Waals surface area (Å²) in [6.07, 6.45) is 4.00. The minimum Gasteiger partial charge on any atom is -0.478 e. The molecule has 88 valence electrons. The summed E-state index contributed by atoms with van der Waals surface area (Å²) in [6.45, 7) is 0.381. The number of nitrogens with zero attached hydrogens (tertiary/aromatic N) is 2. The highest BCUT2D eigenvalue weighted by atomic mass is 32.1. The van der Waals surface area contributed by atoms with Gasteiger partial charge in [0, 0.05) is 11.0 Å². The first-order chi connectivity index (χ1) is 8.16. The minimum atomic E-state index is -0.998. The van der Waals surface area contributed by atoms with Crippen molar-refractivity contribution in [3.63, 3.8) is 0 Å². The first kappa shape index (κ1) is 11.3. The lowest BCUT2D eigenvalue weighted by Crippen LogP contribution is -2.16. The highest BCUT2D eigenvalue weighted by Gasteiger charge is 2.05. The van der Waals surface area contributed by atoms with Crippen LogP contribution in [0.1, 0.15) is 10.4 Å². The van der Waals surface area contributed by atoms with E-state index in [1.807, 2.05) is 11.4 Å². The van der Waals surface area contributed by atoms with E-state index < -0.39 is 5.97 Å². The second-order valence-electron chi connectivity index (χ2n) is 3.26. The van der Waals surface area contributed by atoms with Gasteiger partial charge >= 0.3 is 11.7 Å². The largest absolute Gasteiger partial charge is 0.478 e. The van der Waals surface area contributed by atoms with E-state index in [1.54, 1.807) is 0 Å². The maximum Gasteiger partial charge on any atom is 0.343 e. The van der Waals surface area contributed by atoms with Gasteiger partial charge in [-0.15, -0.1) is 11.3 Å². The lowest BCUT2D eigenvalue weighted by Gasteiger charge is -1.99. The summed E-state index contributed by atoms with van der Waals surface area (Å²) in [4.78, 5) is 22.6. The van der Waals surface area contributed by atoms with E-state index in [0.717, 1.165) is 16.5 Å². The predicted octanol–water partition coefficient (Wildman–Crippen LogP) is 0.779. The first-order valence-corrected chi connectivity index (χ1v) is 5.62. The molecule has 7 heteroatoms. The molecule has 0 unspecified atom stereocenters. The molecule has 0 spiro atoms. The Kier molecular flexibility index (Phi) is 3.20. The van der Waals surface area contributed by atoms with Gasteiger partial charge in [0.1, 0.15) is 6.33 Å². The van der Waals surface area contributed by atoms with Crippen molar-refractivity contribution in [1.82, 2.24) is 14.8 Å². The molecule has 0 aromatic carbocycles. The van der Waals surface area contributed by atoms with E-state index in [-0.39, 0.29) is 5.69 Å². The van der Waals surface area contributed by atoms with Crippen LogP contribution in [-0.4, -0.2) is 25.8 Å². The van der Waals surface area contributed by atoms with Crippen molar-refractivity contribution in [1.29, 1.82) is 0 Å². The van der Waals surface area contributed by atoms with E-state index in [1.165, 1.54) is 28.3 Å². The highest BCUT2D eigenvalue weighted by Crippen LogP contribution is 2.18. The van der Waals surface area contributed by atoms with Gasteiger partial charge < -0.3 is 5.11 Å². The summed E-state index contributed by atoms with van der Waals surface area (Å²) in [5.41, 5.74) is 0.511. The fourth-order valence-corrected chi connectivity index (χ4v) is 2.19.